The molecular weight excluding hydrogens is 384 g/mol. The number of hydrogen-bond acceptors (Lipinski definition) is 4. The van der Waals surface area contributed by atoms with Crippen LogP contribution in [0.4, 0.5) is 0 Å². The third kappa shape index (κ3) is 4.08. The second-order valence-electron chi connectivity index (χ2n) is 8.36. The lowest BCUT2D eigenvalue weighted by molar-refractivity contribution is 0.389. The Morgan fingerprint density at radius 3 is 2.77 bits per heavy atom. The van der Waals surface area contributed by atoms with Gasteiger partial charge >= 0.3 is 0 Å². The number of allylic oxidation sites excluding steroid dienone is 1. The number of H-pyrrole nitrogens is 1. The summed E-state index contributed by atoms with van der Waals surface area (Å²) in [5.74, 6) is 1.27. The number of nitrogens with one attached hydrogen (secondary N) is 1. The number of aromatic amines is 1. The molecule has 0 amide bonds. The molecule has 0 spiro atoms. The second kappa shape index (κ2) is 8.34. The van der Waals surface area contributed by atoms with Crippen molar-refractivity contribution < 1.29 is 4.52 Å². The molecule has 0 saturated heterocycles. The Kier molecular flexibility index (Phi) is 5.24. The molecule has 0 fully saturated rings. The van der Waals surface area contributed by atoms with Crippen LogP contribution in [0, 0.1) is 19.8 Å². The van der Waals surface area contributed by atoms with Gasteiger partial charge in [0.15, 0.2) is 0 Å². The fourth-order valence-electron chi connectivity index (χ4n) is 4.35. The molecule has 0 radical (unpaired) electrons. The number of pyridine rings is 1. The lowest BCUT2D eigenvalue weighted by Crippen LogP contribution is -2.10. The SMILES string of the molecule is Cc1ccc(C2=C(c3ccnc4[nH]ccc34)CC(CCCc3cc(C)on3)C=N2)cc1. The largest absolute Gasteiger partial charge is 0.361 e. The van der Waals surface area contributed by atoms with E-state index < -0.39 is 0 Å². The number of benzene rings is 1. The van der Waals surface area contributed by atoms with Gasteiger partial charge in [0.1, 0.15) is 11.4 Å². The molecule has 1 aliphatic heterocycles. The van der Waals surface area contributed by atoms with Crippen LogP contribution < -0.4 is 0 Å². The molecule has 1 aliphatic rings. The van der Waals surface area contributed by atoms with E-state index in [-0.39, 0.29) is 0 Å². The van der Waals surface area contributed by atoms with Crippen molar-refractivity contribution in [2.45, 2.75) is 39.5 Å². The van der Waals surface area contributed by atoms with Crippen molar-refractivity contribution in [3.8, 4) is 0 Å². The second-order valence-corrected chi connectivity index (χ2v) is 8.36. The fourth-order valence-corrected chi connectivity index (χ4v) is 4.35. The highest BCUT2D eigenvalue weighted by molar-refractivity contribution is 6.02. The third-order valence-electron chi connectivity index (χ3n) is 5.96. The Morgan fingerprint density at radius 1 is 1.10 bits per heavy atom. The highest BCUT2D eigenvalue weighted by atomic mass is 16.5. The summed E-state index contributed by atoms with van der Waals surface area (Å²) in [6.07, 6.45) is 10.0. The summed E-state index contributed by atoms with van der Waals surface area (Å²) < 4.78 is 5.19. The summed E-state index contributed by atoms with van der Waals surface area (Å²) in [5, 5.41) is 5.27. The van der Waals surface area contributed by atoms with Gasteiger partial charge in [-0.05, 0) is 68.7 Å². The maximum absolute atomic E-state index is 5.19. The van der Waals surface area contributed by atoms with Gasteiger partial charge in [0.25, 0.3) is 0 Å². The van der Waals surface area contributed by atoms with Gasteiger partial charge in [-0.2, -0.15) is 0 Å². The van der Waals surface area contributed by atoms with Gasteiger partial charge in [0.2, 0.25) is 0 Å². The fraction of sp³-hybridized carbons (Fsp3) is 0.269. The number of aromatic nitrogens is 3. The average Bonchev–Trinajstić information content (AvgIpc) is 3.43. The number of rotatable bonds is 6. The number of nitrogens with zero attached hydrogens (tertiary/aromatic N) is 3. The van der Waals surface area contributed by atoms with Gasteiger partial charge in [0, 0.05) is 35.6 Å². The standard InChI is InChI=1S/C26H26N4O/c1-17-6-8-20(9-7-17)25-24(22-10-12-27-26-23(22)11-13-28-26)15-19(16-29-25)4-3-5-21-14-18(2)31-30-21/h6-14,16,19H,3-5,15H2,1-2H3,(H,27,28). The highest BCUT2D eigenvalue weighted by Gasteiger charge is 2.22. The number of aliphatic imine (C=N–C) groups is 1. The molecule has 5 rings (SSSR count). The molecule has 0 aliphatic carbocycles. The van der Waals surface area contributed by atoms with Gasteiger partial charge in [-0.1, -0.05) is 35.0 Å². The lowest BCUT2D eigenvalue weighted by Gasteiger charge is -2.23. The summed E-state index contributed by atoms with van der Waals surface area (Å²) >= 11 is 0. The van der Waals surface area contributed by atoms with Crippen LogP contribution in [0.25, 0.3) is 22.3 Å². The van der Waals surface area contributed by atoms with Crippen LogP contribution in [0.2, 0.25) is 0 Å². The summed E-state index contributed by atoms with van der Waals surface area (Å²) in [4.78, 5) is 12.7. The zero-order chi connectivity index (χ0) is 21.2. The van der Waals surface area contributed by atoms with E-state index in [4.69, 9.17) is 9.52 Å². The monoisotopic (exact) mass is 410 g/mol. The molecule has 156 valence electrons. The number of hydrogen-bond donors (Lipinski definition) is 1. The topological polar surface area (TPSA) is 67.1 Å². The Balaban J connectivity index is 1.45. The molecule has 5 heteroatoms. The Labute approximate surface area is 181 Å². The van der Waals surface area contributed by atoms with Crippen LogP contribution in [0.5, 0.6) is 0 Å². The third-order valence-corrected chi connectivity index (χ3v) is 5.96. The quantitative estimate of drug-likeness (QED) is 0.414. The summed E-state index contributed by atoms with van der Waals surface area (Å²) in [5.41, 5.74) is 7.94. The zero-order valence-corrected chi connectivity index (χ0v) is 17.9. The molecule has 0 saturated carbocycles. The molecule has 1 atom stereocenters. The summed E-state index contributed by atoms with van der Waals surface area (Å²) in [6.45, 7) is 4.05. The van der Waals surface area contributed by atoms with Crippen LogP contribution >= 0.6 is 0 Å². The van der Waals surface area contributed by atoms with Crippen molar-refractivity contribution in [3.63, 3.8) is 0 Å². The van der Waals surface area contributed by atoms with Gasteiger partial charge in [-0.15, -0.1) is 0 Å². The Morgan fingerprint density at radius 2 is 1.97 bits per heavy atom. The minimum atomic E-state index is 0.402. The molecule has 4 aromatic rings. The number of aryl methyl sites for hydroxylation is 3. The molecule has 4 heterocycles. The molecule has 1 aromatic carbocycles. The van der Waals surface area contributed by atoms with Gasteiger partial charge in [0.05, 0.1) is 11.4 Å². The van der Waals surface area contributed by atoms with Crippen molar-refractivity contribution in [2.24, 2.45) is 10.9 Å². The normalized spacial score (nSPS) is 16.4. The molecular formula is C26H26N4O. The van der Waals surface area contributed by atoms with E-state index >= 15 is 0 Å². The first-order chi connectivity index (χ1) is 15.2. The maximum atomic E-state index is 5.19. The van der Waals surface area contributed by atoms with Gasteiger partial charge in [-0.3, -0.25) is 4.99 Å². The molecule has 3 aromatic heterocycles. The van der Waals surface area contributed by atoms with Crippen molar-refractivity contribution >= 4 is 28.5 Å². The first-order valence-electron chi connectivity index (χ1n) is 10.9. The predicted molar refractivity (Wildman–Crippen MR) is 125 cm³/mol. The minimum absolute atomic E-state index is 0.402. The molecule has 1 unspecified atom stereocenters. The van der Waals surface area contributed by atoms with E-state index in [0.29, 0.717) is 5.92 Å². The molecule has 5 nitrogen and oxygen atoms in total. The van der Waals surface area contributed by atoms with Crippen molar-refractivity contribution in [1.82, 2.24) is 15.1 Å². The predicted octanol–water partition coefficient (Wildman–Crippen LogP) is 6.15. The smallest absolute Gasteiger partial charge is 0.137 e. The Bertz CT molecular complexity index is 1260. The van der Waals surface area contributed by atoms with Crippen molar-refractivity contribution in [2.75, 3.05) is 0 Å². The summed E-state index contributed by atoms with van der Waals surface area (Å²) in [7, 11) is 0. The first-order valence-corrected chi connectivity index (χ1v) is 10.9. The van der Waals surface area contributed by atoms with Crippen LogP contribution in [-0.2, 0) is 6.42 Å². The molecule has 31 heavy (non-hydrogen) atoms. The van der Waals surface area contributed by atoms with E-state index in [1.165, 1.54) is 16.7 Å². The maximum Gasteiger partial charge on any atom is 0.137 e. The van der Waals surface area contributed by atoms with E-state index in [9.17, 15) is 0 Å². The summed E-state index contributed by atoms with van der Waals surface area (Å²) in [6, 6.07) is 14.9. The Hall–Kier alpha value is -3.47. The van der Waals surface area contributed by atoms with Crippen molar-refractivity contribution in [1.29, 1.82) is 0 Å². The van der Waals surface area contributed by atoms with Gasteiger partial charge in [-0.25, -0.2) is 4.98 Å². The van der Waals surface area contributed by atoms with E-state index in [1.54, 1.807) is 0 Å². The first kappa shape index (κ1) is 19.5. The number of fused-ring (bicyclic) bond motifs is 1. The van der Waals surface area contributed by atoms with Crippen LogP contribution in [0.15, 0.2) is 64.4 Å². The van der Waals surface area contributed by atoms with Crippen molar-refractivity contribution in [3.05, 3.63) is 83.0 Å². The van der Waals surface area contributed by atoms with Crippen LogP contribution in [0.3, 0.4) is 0 Å². The van der Waals surface area contributed by atoms with E-state index in [0.717, 1.165) is 59.4 Å². The molecule has 0 bridgehead atoms. The zero-order valence-electron chi connectivity index (χ0n) is 17.9. The lowest BCUT2D eigenvalue weighted by atomic mass is 9.86. The van der Waals surface area contributed by atoms with Crippen LogP contribution in [0.1, 0.15) is 47.4 Å². The molecule has 1 N–H and O–H groups in total. The average molecular weight is 411 g/mol. The highest BCUT2D eigenvalue weighted by Crippen LogP contribution is 2.39. The van der Waals surface area contributed by atoms with Crippen LogP contribution in [-0.4, -0.2) is 21.3 Å². The van der Waals surface area contributed by atoms with E-state index in [1.807, 2.05) is 25.4 Å². The minimum Gasteiger partial charge on any atom is -0.361 e. The van der Waals surface area contributed by atoms with E-state index in [2.05, 4.69) is 64.7 Å². The van der Waals surface area contributed by atoms with Gasteiger partial charge < -0.3 is 9.51 Å².